The van der Waals surface area contributed by atoms with Crippen LogP contribution in [0.3, 0.4) is 0 Å². The molecular formula is C19H20O3. The van der Waals surface area contributed by atoms with Crippen LogP contribution in [-0.2, 0) is 0 Å². The van der Waals surface area contributed by atoms with Gasteiger partial charge in [-0.05, 0) is 24.3 Å². The Morgan fingerprint density at radius 2 is 1.41 bits per heavy atom. The molecule has 2 aromatic carbocycles. The normalized spacial score (nSPS) is 11.1. The van der Waals surface area contributed by atoms with Gasteiger partial charge in [-0.2, -0.15) is 0 Å². The average Bonchev–Trinajstić information content (AvgIpc) is 2.52. The van der Waals surface area contributed by atoms with Gasteiger partial charge in [-0.1, -0.05) is 45.0 Å². The molecule has 2 aromatic rings. The SMILES string of the molecule is COc1ccc(C(=O)c2ccccc2C(=O)C(C)(C)C)cc1. The Morgan fingerprint density at radius 1 is 0.864 bits per heavy atom. The summed E-state index contributed by atoms with van der Waals surface area (Å²) in [6, 6.07) is 13.9. The highest BCUT2D eigenvalue weighted by Crippen LogP contribution is 2.25. The minimum atomic E-state index is -0.531. The molecule has 0 fully saturated rings. The molecule has 0 radical (unpaired) electrons. The predicted molar refractivity (Wildman–Crippen MR) is 86.7 cm³/mol. The zero-order valence-corrected chi connectivity index (χ0v) is 13.3. The smallest absolute Gasteiger partial charge is 0.193 e. The van der Waals surface area contributed by atoms with Gasteiger partial charge >= 0.3 is 0 Å². The molecule has 0 saturated heterocycles. The van der Waals surface area contributed by atoms with Gasteiger partial charge in [0, 0.05) is 22.1 Å². The van der Waals surface area contributed by atoms with Gasteiger partial charge in [0.2, 0.25) is 0 Å². The fourth-order valence-electron chi connectivity index (χ4n) is 2.18. The first-order valence-corrected chi connectivity index (χ1v) is 7.17. The molecule has 3 nitrogen and oxygen atoms in total. The molecule has 114 valence electrons. The van der Waals surface area contributed by atoms with Crippen LogP contribution in [0.25, 0.3) is 0 Å². The molecule has 0 heterocycles. The van der Waals surface area contributed by atoms with Crippen LogP contribution in [-0.4, -0.2) is 18.7 Å². The Bertz CT molecular complexity index is 691. The van der Waals surface area contributed by atoms with E-state index in [0.717, 1.165) is 0 Å². The Morgan fingerprint density at radius 3 is 1.91 bits per heavy atom. The largest absolute Gasteiger partial charge is 0.497 e. The van der Waals surface area contributed by atoms with Crippen molar-refractivity contribution in [1.82, 2.24) is 0 Å². The zero-order chi connectivity index (χ0) is 16.3. The second kappa shape index (κ2) is 6.14. The number of carbonyl (C=O) groups is 2. The van der Waals surface area contributed by atoms with E-state index in [1.165, 1.54) is 0 Å². The molecule has 0 aromatic heterocycles. The van der Waals surface area contributed by atoms with Gasteiger partial charge in [0.05, 0.1) is 7.11 Å². The van der Waals surface area contributed by atoms with Crippen molar-refractivity contribution in [1.29, 1.82) is 0 Å². The predicted octanol–water partition coefficient (Wildman–Crippen LogP) is 4.16. The first-order chi connectivity index (χ1) is 10.3. The Kier molecular flexibility index (Phi) is 4.45. The van der Waals surface area contributed by atoms with E-state index >= 15 is 0 Å². The zero-order valence-electron chi connectivity index (χ0n) is 13.3. The third-order valence-electron chi connectivity index (χ3n) is 3.45. The summed E-state index contributed by atoms with van der Waals surface area (Å²) in [4.78, 5) is 25.3. The fraction of sp³-hybridized carbons (Fsp3) is 0.263. The number of ketones is 2. The van der Waals surface area contributed by atoms with Crippen molar-refractivity contribution in [2.75, 3.05) is 7.11 Å². The Labute approximate surface area is 130 Å². The average molecular weight is 296 g/mol. The molecule has 0 amide bonds. The highest BCUT2D eigenvalue weighted by atomic mass is 16.5. The third kappa shape index (κ3) is 3.25. The van der Waals surface area contributed by atoms with E-state index in [-0.39, 0.29) is 11.6 Å². The summed E-state index contributed by atoms with van der Waals surface area (Å²) in [5, 5.41) is 0. The number of methoxy groups -OCH3 is 1. The standard InChI is InChI=1S/C19H20O3/c1-19(2,3)18(21)16-8-6-5-7-15(16)17(20)13-9-11-14(22-4)12-10-13/h5-12H,1-4H3. The van der Waals surface area contributed by atoms with E-state index in [4.69, 9.17) is 4.74 Å². The molecular weight excluding hydrogens is 276 g/mol. The van der Waals surface area contributed by atoms with Crippen molar-refractivity contribution in [2.24, 2.45) is 5.41 Å². The third-order valence-corrected chi connectivity index (χ3v) is 3.45. The first-order valence-electron chi connectivity index (χ1n) is 7.17. The van der Waals surface area contributed by atoms with Gasteiger partial charge in [-0.3, -0.25) is 9.59 Å². The lowest BCUT2D eigenvalue weighted by Gasteiger charge is -2.18. The number of hydrogen-bond acceptors (Lipinski definition) is 3. The summed E-state index contributed by atoms with van der Waals surface area (Å²) in [5.41, 5.74) is 0.911. The summed E-state index contributed by atoms with van der Waals surface area (Å²) in [7, 11) is 1.58. The van der Waals surface area contributed by atoms with Crippen molar-refractivity contribution >= 4 is 11.6 Å². The van der Waals surface area contributed by atoms with E-state index in [1.54, 1.807) is 55.6 Å². The first kappa shape index (κ1) is 16.0. The van der Waals surface area contributed by atoms with Crippen molar-refractivity contribution in [3.05, 3.63) is 65.2 Å². The molecule has 22 heavy (non-hydrogen) atoms. The molecule has 0 atom stereocenters. The number of carbonyl (C=O) groups excluding carboxylic acids is 2. The van der Waals surface area contributed by atoms with Gasteiger partial charge in [0.15, 0.2) is 11.6 Å². The van der Waals surface area contributed by atoms with Crippen LogP contribution < -0.4 is 4.74 Å². The van der Waals surface area contributed by atoms with E-state index in [0.29, 0.717) is 22.4 Å². The van der Waals surface area contributed by atoms with E-state index < -0.39 is 5.41 Å². The Balaban J connectivity index is 2.44. The van der Waals surface area contributed by atoms with Crippen molar-refractivity contribution in [3.8, 4) is 5.75 Å². The lowest BCUT2D eigenvalue weighted by atomic mass is 9.83. The maximum absolute atomic E-state index is 12.7. The van der Waals surface area contributed by atoms with Gasteiger partial charge in [-0.25, -0.2) is 0 Å². The van der Waals surface area contributed by atoms with Gasteiger partial charge in [0.25, 0.3) is 0 Å². The monoisotopic (exact) mass is 296 g/mol. The molecule has 0 spiro atoms. The number of hydrogen-bond donors (Lipinski definition) is 0. The molecule has 0 aliphatic carbocycles. The minimum absolute atomic E-state index is 0.0371. The number of ether oxygens (including phenoxy) is 1. The van der Waals surface area contributed by atoms with Crippen molar-refractivity contribution in [2.45, 2.75) is 20.8 Å². The number of rotatable bonds is 4. The van der Waals surface area contributed by atoms with Crippen molar-refractivity contribution in [3.63, 3.8) is 0 Å². The summed E-state index contributed by atoms with van der Waals surface area (Å²) in [5.74, 6) is 0.497. The van der Waals surface area contributed by atoms with Crippen LogP contribution in [0.2, 0.25) is 0 Å². The second-order valence-electron chi connectivity index (χ2n) is 6.18. The maximum atomic E-state index is 12.7. The number of Topliss-reactive ketones (excluding diaryl/α,β-unsaturated/α-hetero) is 1. The maximum Gasteiger partial charge on any atom is 0.193 e. The molecule has 0 aliphatic rings. The summed E-state index contributed by atoms with van der Waals surface area (Å²) < 4.78 is 5.10. The molecule has 0 unspecified atom stereocenters. The molecule has 2 rings (SSSR count). The molecule has 0 saturated carbocycles. The van der Waals surface area contributed by atoms with Crippen LogP contribution >= 0.6 is 0 Å². The lowest BCUT2D eigenvalue weighted by Crippen LogP contribution is -2.22. The lowest BCUT2D eigenvalue weighted by molar-refractivity contribution is 0.0852. The highest BCUT2D eigenvalue weighted by Gasteiger charge is 2.27. The molecule has 0 aliphatic heterocycles. The summed E-state index contributed by atoms with van der Waals surface area (Å²) in [6.07, 6.45) is 0. The highest BCUT2D eigenvalue weighted by molar-refractivity contribution is 6.16. The molecule has 0 bridgehead atoms. The molecule has 0 N–H and O–H groups in total. The van der Waals surface area contributed by atoms with Crippen LogP contribution in [0, 0.1) is 5.41 Å². The van der Waals surface area contributed by atoms with Crippen LogP contribution in [0.4, 0.5) is 0 Å². The number of benzene rings is 2. The van der Waals surface area contributed by atoms with Crippen LogP contribution in [0.1, 0.15) is 47.1 Å². The van der Waals surface area contributed by atoms with E-state index in [2.05, 4.69) is 0 Å². The van der Waals surface area contributed by atoms with Crippen molar-refractivity contribution < 1.29 is 14.3 Å². The van der Waals surface area contributed by atoms with E-state index in [1.807, 2.05) is 20.8 Å². The Hall–Kier alpha value is -2.42. The second-order valence-corrected chi connectivity index (χ2v) is 6.18. The summed E-state index contributed by atoms with van der Waals surface area (Å²) >= 11 is 0. The van der Waals surface area contributed by atoms with Crippen LogP contribution in [0.15, 0.2) is 48.5 Å². The van der Waals surface area contributed by atoms with E-state index in [9.17, 15) is 9.59 Å². The quantitative estimate of drug-likeness (QED) is 0.796. The van der Waals surface area contributed by atoms with Crippen LogP contribution in [0.5, 0.6) is 5.75 Å². The van der Waals surface area contributed by atoms with Gasteiger partial charge in [-0.15, -0.1) is 0 Å². The fourth-order valence-corrected chi connectivity index (χ4v) is 2.18. The minimum Gasteiger partial charge on any atom is -0.497 e. The topological polar surface area (TPSA) is 43.4 Å². The van der Waals surface area contributed by atoms with Gasteiger partial charge in [0.1, 0.15) is 5.75 Å². The molecule has 3 heteroatoms. The van der Waals surface area contributed by atoms with Gasteiger partial charge < -0.3 is 4.74 Å². The summed E-state index contributed by atoms with van der Waals surface area (Å²) in [6.45, 7) is 5.55.